The number of anilines is 2. The van der Waals surface area contributed by atoms with Gasteiger partial charge in [-0.05, 0) is 98.5 Å². The van der Waals surface area contributed by atoms with Crippen molar-refractivity contribution in [2.45, 2.75) is 86.0 Å². The van der Waals surface area contributed by atoms with E-state index in [2.05, 4.69) is 57.4 Å². The molecule has 6 rings (SSSR count). The van der Waals surface area contributed by atoms with Crippen LogP contribution >= 0.6 is 0 Å². The molecule has 2 aliphatic rings. The van der Waals surface area contributed by atoms with Gasteiger partial charge in [-0.25, -0.2) is 4.79 Å². The highest BCUT2D eigenvalue weighted by atomic mass is 16.5. The highest BCUT2D eigenvalue weighted by Crippen LogP contribution is 2.45. The smallest absolute Gasteiger partial charge is 0.337 e. The molecule has 242 valence electrons. The van der Waals surface area contributed by atoms with E-state index >= 15 is 0 Å². The van der Waals surface area contributed by atoms with Gasteiger partial charge in [0.25, 0.3) is 5.95 Å². The fraction of sp³-hybridized carbons (Fsp3) is 0.472. The maximum atomic E-state index is 12.8. The number of nitrogens with zero attached hydrogens (tertiary/aromatic N) is 7. The van der Waals surface area contributed by atoms with Crippen LogP contribution in [0.15, 0.2) is 48.5 Å². The first kappa shape index (κ1) is 31.7. The molecule has 1 fully saturated rings. The molecule has 2 aromatic carbocycles. The van der Waals surface area contributed by atoms with Gasteiger partial charge < -0.3 is 19.6 Å². The van der Waals surface area contributed by atoms with Crippen molar-refractivity contribution in [2.24, 2.45) is 5.41 Å². The highest BCUT2D eigenvalue weighted by molar-refractivity contribution is 5.88. The Kier molecular flexibility index (Phi) is 8.35. The third kappa shape index (κ3) is 6.35. The number of hydrogen-bond acceptors (Lipinski definition) is 8. The lowest BCUT2D eigenvalue weighted by Gasteiger charge is -2.41. The van der Waals surface area contributed by atoms with Crippen LogP contribution in [0.5, 0.6) is 0 Å². The Morgan fingerprint density at radius 3 is 2.35 bits per heavy atom. The zero-order chi connectivity index (χ0) is 32.8. The van der Waals surface area contributed by atoms with E-state index in [4.69, 9.17) is 9.72 Å². The summed E-state index contributed by atoms with van der Waals surface area (Å²) in [6.07, 6.45) is 1.73. The normalized spacial score (nSPS) is 17.1. The standard InChI is InChI=1S/C36H45N7O3/c1-23-29(31(41-19-16-36(6,7)17-20-41)30(24(2)37-23)32(33(44)45)46-35(3,4)5)26-13-14-27-22-42(18-15-25(27)21-26)34-38-39-40-43(34)28-11-9-8-10-12-28/h8-14,21,32H,15-20,22H2,1-7H3,(H,44,45)/t32-/m0/s1. The van der Waals surface area contributed by atoms with Gasteiger partial charge in [-0.15, -0.1) is 0 Å². The van der Waals surface area contributed by atoms with E-state index in [0.717, 1.165) is 73.0 Å². The predicted molar refractivity (Wildman–Crippen MR) is 179 cm³/mol. The number of rotatable bonds is 7. The molecule has 2 aromatic heterocycles. The van der Waals surface area contributed by atoms with Gasteiger partial charge in [0.15, 0.2) is 6.10 Å². The average Bonchev–Trinajstić information content (AvgIpc) is 3.50. The van der Waals surface area contributed by atoms with Crippen molar-refractivity contribution in [3.8, 4) is 16.8 Å². The van der Waals surface area contributed by atoms with E-state index in [1.165, 1.54) is 11.1 Å². The summed E-state index contributed by atoms with van der Waals surface area (Å²) in [4.78, 5) is 22.4. The molecule has 0 bridgehead atoms. The molecule has 46 heavy (non-hydrogen) atoms. The first-order valence-electron chi connectivity index (χ1n) is 16.2. The first-order chi connectivity index (χ1) is 21.8. The van der Waals surface area contributed by atoms with Gasteiger partial charge in [-0.1, -0.05) is 55.3 Å². The number of tetrazole rings is 1. The van der Waals surface area contributed by atoms with Gasteiger partial charge in [0.1, 0.15) is 0 Å². The molecule has 10 heteroatoms. The van der Waals surface area contributed by atoms with Gasteiger partial charge >= 0.3 is 5.97 Å². The molecular weight excluding hydrogens is 578 g/mol. The summed E-state index contributed by atoms with van der Waals surface area (Å²) < 4.78 is 8.04. The quantitative estimate of drug-likeness (QED) is 0.248. The molecule has 4 aromatic rings. The number of piperidine rings is 1. The summed E-state index contributed by atoms with van der Waals surface area (Å²) in [6, 6.07) is 16.6. The van der Waals surface area contributed by atoms with Gasteiger partial charge in [0.2, 0.25) is 0 Å². The lowest BCUT2D eigenvalue weighted by molar-refractivity contribution is -0.160. The second-order valence-electron chi connectivity index (χ2n) is 14.4. The number of carboxylic acids is 1. The van der Waals surface area contributed by atoms with Crippen molar-refractivity contribution >= 4 is 17.6 Å². The van der Waals surface area contributed by atoms with Crippen LogP contribution in [-0.4, -0.2) is 61.5 Å². The molecule has 0 saturated carbocycles. The van der Waals surface area contributed by atoms with Crippen molar-refractivity contribution < 1.29 is 14.6 Å². The van der Waals surface area contributed by atoms with Gasteiger partial charge in [-0.2, -0.15) is 4.68 Å². The number of aryl methyl sites for hydroxylation is 2. The third-order valence-corrected chi connectivity index (χ3v) is 9.21. The minimum atomic E-state index is -1.14. The van der Waals surface area contributed by atoms with Gasteiger partial charge in [0, 0.05) is 48.7 Å². The summed E-state index contributed by atoms with van der Waals surface area (Å²) in [6.45, 7) is 17.4. The van der Waals surface area contributed by atoms with Crippen molar-refractivity contribution in [2.75, 3.05) is 29.4 Å². The number of fused-ring (bicyclic) bond motifs is 1. The average molecular weight is 624 g/mol. The maximum absolute atomic E-state index is 12.8. The molecule has 1 N–H and O–H groups in total. The number of ether oxygens (including phenoxy) is 1. The number of hydrogen-bond donors (Lipinski definition) is 1. The largest absolute Gasteiger partial charge is 0.479 e. The molecule has 0 aliphatic carbocycles. The van der Waals surface area contributed by atoms with Crippen molar-refractivity contribution in [1.29, 1.82) is 0 Å². The minimum Gasteiger partial charge on any atom is -0.479 e. The summed E-state index contributed by atoms with van der Waals surface area (Å²) in [5.74, 6) is -0.283. The second kappa shape index (κ2) is 12.1. The second-order valence-corrected chi connectivity index (χ2v) is 14.4. The zero-order valence-electron chi connectivity index (χ0n) is 28.0. The molecule has 4 heterocycles. The lowest BCUT2D eigenvalue weighted by Crippen LogP contribution is -2.39. The molecule has 1 atom stereocenters. The molecule has 1 saturated heterocycles. The van der Waals surface area contributed by atoms with Crippen LogP contribution in [-0.2, 0) is 22.5 Å². The molecule has 0 spiro atoms. The van der Waals surface area contributed by atoms with Crippen LogP contribution in [0.2, 0.25) is 0 Å². The first-order valence-corrected chi connectivity index (χ1v) is 16.2. The van der Waals surface area contributed by atoms with E-state index in [-0.39, 0.29) is 5.41 Å². The Morgan fingerprint density at radius 1 is 0.957 bits per heavy atom. The summed E-state index contributed by atoms with van der Waals surface area (Å²) in [7, 11) is 0. The predicted octanol–water partition coefficient (Wildman–Crippen LogP) is 6.47. The molecule has 10 nitrogen and oxygen atoms in total. The fourth-order valence-electron chi connectivity index (χ4n) is 6.75. The van der Waals surface area contributed by atoms with E-state index in [1.807, 2.05) is 65.0 Å². The van der Waals surface area contributed by atoms with E-state index in [0.29, 0.717) is 17.8 Å². The monoisotopic (exact) mass is 623 g/mol. The van der Waals surface area contributed by atoms with Gasteiger partial charge in [-0.3, -0.25) is 4.98 Å². The Labute approximate surface area is 271 Å². The highest BCUT2D eigenvalue weighted by Gasteiger charge is 2.36. The number of para-hydroxylation sites is 1. The van der Waals surface area contributed by atoms with Crippen molar-refractivity contribution in [3.63, 3.8) is 0 Å². The number of pyridine rings is 1. The lowest BCUT2D eigenvalue weighted by atomic mass is 9.81. The maximum Gasteiger partial charge on any atom is 0.337 e. The molecule has 0 amide bonds. The van der Waals surface area contributed by atoms with Gasteiger partial charge in [0.05, 0.1) is 17.0 Å². The van der Waals surface area contributed by atoms with Crippen LogP contribution in [0.25, 0.3) is 16.8 Å². The van der Waals surface area contributed by atoms with Crippen LogP contribution in [0.4, 0.5) is 11.6 Å². The summed E-state index contributed by atoms with van der Waals surface area (Å²) in [5, 5.41) is 23.1. The van der Waals surface area contributed by atoms with E-state index in [9.17, 15) is 9.90 Å². The Morgan fingerprint density at radius 2 is 1.67 bits per heavy atom. The zero-order valence-corrected chi connectivity index (χ0v) is 28.0. The molecule has 2 aliphatic heterocycles. The van der Waals surface area contributed by atoms with Crippen LogP contribution in [0, 0.1) is 19.3 Å². The van der Waals surface area contributed by atoms with E-state index < -0.39 is 17.7 Å². The van der Waals surface area contributed by atoms with Crippen LogP contribution < -0.4 is 9.80 Å². The number of carbonyl (C=O) groups is 1. The number of benzene rings is 2. The Balaban J connectivity index is 1.42. The SMILES string of the molecule is Cc1nc(C)c([C@H](OC(C)(C)C)C(=O)O)c(N2CCC(C)(C)CC2)c1-c1ccc2c(c1)CCN(c1nnnn1-c1ccccc1)C2. The number of aromatic nitrogens is 5. The Hall–Kier alpha value is -4.31. The van der Waals surface area contributed by atoms with Crippen LogP contribution in [0.1, 0.15) is 81.6 Å². The summed E-state index contributed by atoms with van der Waals surface area (Å²) in [5.41, 5.74) is 8.20. The minimum absolute atomic E-state index is 0.236. The molecule has 0 radical (unpaired) electrons. The number of carboxylic acid groups (broad SMARTS) is 1. The Bertz CT molecular complexity index is 1730. The van der Waals surface area contributed by atoms with E-state index in [1.54, 1.807) is 4.68 Å². The third-order valence-electron chi connectivity index (χ3n) is 9.21. The van der Waals surface area contributed by atoms with Crippen molar-refractivity contribution in [3.05, 3.63) is 76.6 Å². The van der Waals surface area contributed by atoms with Crippen LogP contribution in [0.3, 0.4) is 0 Å². The van der Waals surface area contributed by atoms with Crippen molar-refractivity contribution in [1.82, 2.24) is 25.2 Å². The molecule has 0 unspecified atom stereocenters. The topological polar surface area (TPSA) is 110 Å². The number of aliphatic carboxylic acids is 1. The molecular formula is C36H45N7O3. The summed E-state index contributed by atoms with van der Waals surface area (Å²) >= 11 is 0. The fourth-order valence-corrected chi connectivity index (χ4v) is 6.75.